The lowest BCUT2D eigenvalue weighted by atomic mass is 10.2. The number of nitrogens with zero attached hydrogens (tertiary/aromatic N) is 1. The monoisotopic (exact) mass is 324 g/mol. The van der Waals surface area contributed by atoms with Crippen LogP contribution in [0, 0.1) is 0 Å². The van der Waals surface area contributed by atoms with Gasteiger partial charge in [-0.05, 0) is 31.0 Å². The summed E-state index contributed by atoms with van der Waals surface area (Å²) in [7, 11) is -3.77. The first kappa shape index (κ1) is 17.8. The Kier molecular flexibility index (Phi) is 6.03. The maximum Gasteiger partial charge on any atom is 0.389 e. The first-order valence-electron chi connectivity index (χ1n) is 6.56. The SMILES string of the molecule is CCN(c1ccc(CN)cc1)S(=O)(=O)CCCC(F)(F)F. The molecule has 0 saturated carbocycles. The minimum atomic E-state index is -4.34. The number of alkyl halides is 3. The zero-order valence-electron chi connectivity index (χ0n) is 11.7. The first-order chi connectivity index (χ1) is 9.69. The Morgan fingerprint density at radius 3 is 2.19 bits per heavy atom. The molecule has 0 spiro atoms. The highest BCUT2D eigenvalue weighted by molar-refractivity contribution is 7.92. The van der Waals surface area contributed by atoms with Gasteiger partial charge in [0.05, 0.1) is 11.4 Å². The normalized spacial score (nSPS) is 12.4. The van der Waals surface area contributed by atoms with Crippen molar-refractivity contribution in [3.05, 3.63) is 29.8 Å². The second kappa shape index (κ2) is 7.13. The van der Waals surface area contributed by atoms with Crippen LogP contribution in [0.3, 0.4) is 0 Å². The summed E-state index contributed by atoms with van der Waals surface area (Å²) >= 11 is 0. The van der Waals surface area contributed by atoms with Crippen molar-refractivity contribution in [2.24, 2.45) is 5.73 Å². The van der Waals surface area contributed by atoms with Crippen LogP contribution in [-0.2, 0) is 16.6 Å². The van der Waals surface area contributed by atoms with Crippen LogP contribution in [0.5, 0.6) is 0 Å². The summed E-state index contributed by atoms with van der Waals surface area (Å²) in [5.41, 5.74) is 6.75. The molecule has 0 aromatic heterocycles. The fraction of sp³-hybridized carbons (Fsp3) is 0.538. The third kappa shape index (κ3) is 5.55. The van der Waals surface area contributed by atoms with E-state index in [0.717, 1.165) is 9.87 Å². The summed E-state index contributed by atoms with van der Waals surface area (Å²) in [6.45, 7) is 2.14. The molecule has 120 valence electrons. The van der Waals surface area contributed by atoms with Gasteiger partial charge in [-0.3, -0.25) is 4.31 Å². The Morgan fingerprint density at radius 1 is 1.19 bits per heavy atom. The van der Waals surface area contributed by atoms with Gasteiger partial charge in [0.15, 0.2) is 0 Å². The van der Waals surface area contributed by atoms with Gasteiger partial charge in [-0.25, -0.2) is 8.42 Å². The van der Waals surface area contributed by atoms with Crippen molar-refractivity contribution in [2.75, 3.05) is 16.6 Å². The van der Waals surface area contributed by atoms with Gasteiger partial charge in [-0.2, -0.15) is 13.2 Å². The van der Waals surface area contributed by atoms with Crippen LogP contribution in [0.2, 0.25) is 0 Å². The number of hydrogen-bond donors (Lipinski definition) is 1. The van der Waals surface area contributed by atoms with Gasteiger partial charge in [0.2, 0.25) is 10.0 Å². The fourth-order valence-electron chi connectivity index (χ4n) is 1.90. The largest absolute Gasteiger partial charge is 0.389 e. The lowest BCUT2D eigenvalue weighted by Gasteiger charge is -2.23. The van der Waals surface area contributed by atoms with E-state index in [0.29, 0.717) is 12.2 Å². The minimum absolute atomic E-state index is 0.163. The molecule has 8 heteroatoms. The summed E-state index contributed by atoms with van der Waals surface area (Å²) in [6, 6.07) is 6.60. The average Bonchev–Trinajstić information content (AvgIpc) is 2.38. The number of rotatable bonds is 7. The third-order valence-corrected chi connectivity index (χ3v) is 4.89. The highest BCUT2D eigenvalue weighted by Crippen LogP contribution is 2.24. The van der Waals surface area contributed by atoms with E-state index in [9.17, 15) is 21.6 Å². The first-order valence-corrected chi connectivity index (χ1v) is 8.16. The van der Waals surface area contributed by atoms with Crippen molar-refractivity contribution in [3.63, 3.8) is 0 Å². The van der Waals surface area contributed by atoms with E-state index in [-0.39, 0.29) is 6.54 Å². The van der Waals surface area contributed by atoms with Crippen LogP contribution < -0.4 is 10.0 Å². The van der Waals surface area contributed by atoms with Gasteiger partial charge in [-0.15, -0.1) is 0 Å². The smallest absolute Gasteiger partial charge is 0.326 e. The Balaban J connectivity index is 2.81. The second-order valence-corrected chi connectivity index (χ2v) is 6.58. The van der Waals surface area contributed by atoms with Crippen molar-refractivity contribution in [2.45, 2.75) is 32.5 Å². The van der Waals surface area contributed by atoms with E-state index in [4.69, 9.17) is 5.73 Å². The second-order valence-electron chi connectivity index (χ2n) is 4.57. The predicted octanol–water partition coefficient (Wildman–Crippen LogP) is 2.64. The molecule has 0 aliphatic rings. The molecule has 2 N–H and O–H groups in total. The van der Waals surface area contributed by atoms with Crippen molar-refractivity contribution in [1.82, 2.24) is 0 Å². The Morgan fingerprint density at radius 2 is 1.76 bits per heavy atom. The highest BCUT2D eigenvalue weighted by Gasteiger charge is 2.29. The van der Waals surface area contributed by atoms with E-state index in [1.807, 2.05) is 0 Å². The standard InChI is InChI=1S/C13H19F3N2O2S/c1-2-18(12-6-4-11(10-17)5-7-12)21(19,20)9-3-8-13(14,15)16/h4-7H,2-3,8-10,17H2,1H3. The molecule has 0 bridgehead atoms. The van der Waals surface area contributed by atoms with E-state index >= 15 is 0 Å². The number of anilines is 1. The molecular weight excluding hydrogens is 305 g/mol. The van der Waals surface area contributed by atoms with Crippen LogP contribution >= 0.6 is 0 Å². The average molecular weight is 324 g/mol. The van der Waals surface area contributed by atoms with E-state index in [2.05, 4.69) is 0 Å². The Bertz CT molecular complexity index is 542. The zero-order valence-corrected chi connectivity index (χ0v) is 12.5. The van der Waals surface area contributed by atoms with Crippen molar-refractivity contribution < 1.29 is 21.6 Å². The molecule has 1 rings (SSSR count). The molecule has 1 aromatic carbocycles. The molecule has 0 radical (unpaired) electrons. The van der Waals surface area contributed by atoms with Crippen molar-refractivity contribution in [3.8, 4) is 0 Å². The zero-order chi connectivity index (χ0) is 16.1. The van der Waals surface area contributed by atoms with Crippen LogP contribution in [0.1, 0.15) is 25.3 Å². The summed E-state index contributed by atoms with van der Waals surface area (Å²) in [6.07, 6.45) is -5.88. The maximum absolute atomic E-state index is 12.1. The van der Waals surface area contributed by atoms with Crippen LogP contribution in [0.25, 0.3) is 0 Å². The molecule has 0 unspecified atom stereocenters. The lowest BCUT2D eigenvalue weighted by Crippen LogP contribution is -2.33. The summed E-state index contributed by atoms with van der Waals surface area (Å²) in [4.78, 5) is 0. The number of nitrogens with two attached hydrogens (primary N) is 1. The molecule has 21 heavy (non-hydrogen) atoms. The number of sulfonamides is 1. The van der Waals surface area contributed by atoms with Gasteiger partial charge in [0.1, 0.15) is 0 Å². The quantitative estimate of drug-likeness (QED) is 0.838. The maximum atomic E-state index is 12.1. The molecule has 0 amide bonds. The lowest BCUT2D eigenvalue weighted by molar-refractivity contribution is -0.134. The van der Waals surface area contributed by atoms with E-state index < -0.39 is 34.8 Å². The predicted molar refractivity (Wildman–Crippen MR) is 76.4 cm³/mol. The molecular formula is C13H19F3N2O2S. The van der Waals surface area contributed by atoms with Crippen LogP contribution in [-0.4, -0.2) is 26.9 Å². The Hall–Kier alpha value is -1.28. The van der Waals surface area contributed by atoms with Gasteiger partial charge in [0.25, 0.3) is 0 Å². The van der Waals surface area contributed by atoms with Gasteiger partial charge in [0, 0.05) is 19.5 Å². The molecule has 4 nitrogen and oxygen atoms in total. The highest BCUT2D eigenvalue weighted by atomic mass is 32.2. The number of benzene rings is 1. The molecule has 0 saturated heterocycles. The van der Waals surface area contributed by atoms with Gasteiger partial charge < -0.3 is 5.73 Å². The summed E-state index contributed by atoms with van der Waals surface area (Å²) in [5, 5.41) is 0. The molecule has 0 fully saturated rings. The minimum Gasteiger partial charge on any atom is -0.326 e. The summed E-state index contributed by atoms with van der Waals surface area (Å²) in [5.74, 6) is -0.529. The Labute approximate surface area is 122 Å². The molecule has 0 aliphatic heterocycles. The topological polar surface area (TPSA) is 63.4 Å². The molecule has 0 atom stereocenters. The molecule has 1 aromatic rings. The van der Waals surface area contributed by atoms with Gasteiger partial charge >= 0.3 is 6.18 Å². The molecule has 0 aliphatic carbocycles. The fourth-order valence-corrected chi connectivity index (χ4v) is 3.47. The van der Waals surface area contributed by atoms with Crippen molar-refractivity contribution >= 4 is 15.7 Å². The molecule has 0 heterocycles. The van der Waals surface area contributed by atoms with E-state index in [1.54, 1.807) is 31.2 Å². The van der Waals surface area contributed by atoms with E-state index in [1.165, 1.54) is 0 Å². The third-order valence-electron chi connectivity index (χ3n) is 2.95. The number of hydrogen-bond acceptors (Lipinski definition) is 3. The van der Waals surface area contributed by atoms with Crippen LogP contribution in [0.4, 0.5) is 18.9 Å². The van der Waals surface area contributed by atoms with Crippen LogP contribution in [0.15, 0.2) is 24.3 Å². The van der Waals surface area contributed by atoms with Gasteiger partial charge in [-0.1, -0.05) is 12.1 Å². The van der Waals surface area contributed by atoms with Crippen molar-refractivity contribution in [1.29, 1.82) is 0 Å². The summed E-state index contributed by atoms with van der Waals surface area (Å²) < 4.78 is 61.7. The number of halogens is 3.